The molecule has 1 saturated carbocycles. The van der Waals surface area contributed by atoms with Crippen molar-refractivity contribution in [3.63, 3.8) is 0 Å². The van der Waals surface area contributed by atoms with Gasteiger partial charge >= 0.3 is 0 Å². The first kappa shape index (κ1) is 13.4. The number of rotatable bonds is 2. The average Bonchev–Trinajstić information content (AvgIpc) is 2.81. The Hall–Kier alpha value is -1.62. The first-order chi connectivity index (χ1) is 9.63. The zero-order chi connectivity index (χ0) is 14.1. The number of nitrogen functional groups attached to an aromatic ring is 1. The van der Waals surface area contributed by atoms with E-state index in [1.54, 1.807) is 0 Å². The number of nitrogens with one attached hydrogen (secondary N) is 1. The summed E-state index contributed by atoms with van der Waals surface area (Å²) in [5.41, 5.74) is 8.54. The number of hydrogen-bond donors (Lipinski definition) is 2. The number of aryl methyl sites for hydroxylation is 1. The van der Waals surface area contributed by atoms with Crippen molar-refractivity contribution in [1.29, 1.82) is 0 Å². The predicted octanol–water partition coefficient (Wildman–Crippen LogP) is 3.71. The number of amides is 1. The van der Waals surface area contributed by atoms with E-state index in [-0.39, 0.29) is 11.8 Å². The number of fused-ring (bicyclic) bond motifs is 1. The molecule has 1 aromatic carbocycles. The van der Waals surface area contributed by atoms with Crippen molar-refractivity contribution in [3.8, 4) is 0 Å². The number of carbonyl (C=O) groups excluding carboxylic acids is 1. The van der Waals surface area contributed by atoms with Crippen molar-refractivity contribution in [2.75, 3.05) is 11.1 Å². The van der Waals surface area contributed by atoms with Gasteiger partial charge in [0.2, 0.25) is 5.91 Å². The maximum atomic E-state index is 12.2. The topological polar surface area (TPSA) is 68.0 Å². The third kappa shape index (κ3) is 2.63. The van der Waals surface area contributed by atoms with Crippen molar-refractivity contribution in [2.45, 2.75) is 39.0 Å². The first-order valence-corrected chi connectivity index (χ1v) is 7.92. The third-order valence-corrected chi connectivity index (χ3v) is 4.92. The van der Waals surface area contributed by atoms with Gasteiger partial charge in [-0.15, -0.1) is 0 Å². The van der Waals surface area contributed by atoms with E-state index >= 15 is 0 Å². The zero-order valence-electron chi connectivity index (χ0n) is 11.6. The van der Waals surface area contributed by atoms with Crippen LogP contribution in [-0.2, 0) is 4.79 Å². The lowest BCUT2D eigenvalue weighted by molar-refractivity contribution is -0.120. The Morgan fingerprint density at radius 2 is 2.10 bits per heavy atom. The van der Waals surface area contributed by atoms with Gasteiger partial charge in [0.15, 0.2) is 5.13 Å². The van der Waals surface area contributed by atoms with Gasteiger partial charge in [0.1, 0.15) is 0 Å². The number of aromatic nitrogens is 1. The van der Waals surface area contributed by atoms with E-state index in [1.165, 1.54) is 17.8 Å². The minimum atomic E-state index is 0.119. The predicted molar refractivity (Wildman–Crippen MR) is 84.0 cm³/mol. The summed E-state index contributed by atoms with van der Waals surface area (Å²) < 4.78 is 1.07. The number of benzene rings is 1. The molecule has 106 valence electrons. The third-order valence-electron chi connectivity index (χ3n) is 3.98. The Morgan fingerprint density at radius 3 is 2.85 bits per heavy atom. The van der Waals surface area contributed by atoms with Gasteiger partial charge in [-0.2, -0.15) is 0 Å². The molecule has 20 heavy (non-hydrogen) atoms. The molecule has 4 nitrogen and oxygen atoms in total. The number of carbonyl (C=O) groups is 1. The SMILES string of the molecule is Cc1cc2sc(NC(=O)C3CCCCC3)nc2cc1N. The van der Waals surface area contributed by atoms with E-state index in [4.69, 9.17) is 5.73 Å². The Morgan fingerprint density at radius 1 is 1.35 bits per heavy atom. The lowest BCUT2D eigenvalue weighted by Crippen LogP contribution is -2.24. The molecular weight excluding hydrogens is 270 g/mol. The van der Waals surface area contributed by atoms with Gasteiger partial charge in [-0.25, -0.2) is 4.98 Å². The second-order valence-electron chi connectivity index (χ2n) is 5.52. The Labute approximate surface area is 122 Å². The molecule has 0 aliphatic heterocycles. The number of nitrogens with zero attached hydrogens (tertiary/aromatic N) is 1. The normalized spacial score (nSPS) is 16.4. The highest BCUT2D eigenvalue weighted by molar-refractivity contribution is 7.22. The van der Waals surface area contributed by atoms with E-state index in [0.29, 0.717) is 5.13 Å². The van der Waals surface area contributed by atoms with Crippen LogP contribution in [0.15, 0.2) is 12.1 Å². The van der Waals surface area contributed by atoms with E-state index < -0.39 is 0 Å². The monoisotopic (exact) mass is 289 g/mol. The summed E-state index contributed by atoms with van der Waals surface area (Å²) in [6.45, 7) is 1.98. The Kier molecular flexibility index (Phi) is 3.61. The molecule has 5 heteroatoms. The average molecular weight is 289 g/mol. The van der Waals surface area contributed by atoms with Gasteiger partial charge in [-0.3, -0.25) is 4.79 Å². The summed E-state index contributed by atoms with van der Waals surface area (Å²) in [7, 11) is 0. The van der Waals surface area contributed by atoms with Gasteiger partial charge in [-0.1, -0.05) is 30.6 Å². The van der Waals surface area contributed by atoms with E-state index in [9.17, 15) is 4.79 Å². The van der Waals surface area contributed by atoms with Crippen LogP contribution in [0.2, 0.25) is 0 Å². The quantitative estimate of drug-likeness (QED) is 0.828. The summed E-state index contributed by atoms with van der Waals surface area (Å²) in [6.07, 6.45) is 5.58. The van der Waals surface area contributed by atoms with Crippen molar-refractivity contribution in [3.05, 3.63) is 17.7 Å². The molecule has 1 aliphatic carbocycles. The Bertz CT molecular complexity index is 605. The molecule has 0 spiro atoms. The van der Waals surface area contributed by atoms with Crippen LogP contribution in [0.3, 0.4) is 0 Å². The highest BCUT2D eigenvalue weighted by Crippen LogP contribution is 2.31. The van der Waals surface area contributed by atoms with Gasteiger partial charge in [0.25, 0.3) is 0 Å². The molecule has 0 saturated heterocycles. The number of thiazole rings is 1. The van der Waals surface area contributed by atoms with Crippen molar-refractivity contribution >= 4 is 38.3 Å². The number of anilines is 2. The van der Waals surface area contributed by atoms with E-state index in [2.05, 4.69) is 10.3 Å². The second kappa shape index (κ2) is 5.40. The summed E-state index contributed by atoms with van der Waals surface area (Å²) >= 11 is 1.51. The highest BCUT2D eigenvalue weighted by atomic mass is 32.1. The maximum absolute atomic E-state index is 12.2. The molecule has 1 heterocycles. The largest absolute Gasteiger partial charge is 0.398 e. The summed E-state index contributed by atoms with van der Waals surface area (Å²) in [5.74, 6) is 0.274. The minimum Gasteiger partial charge on any atom is -0.398 e. The van der Waals surface area contributed by atoms with Crippen LogP contribution in [0.4, 0.5) is 10.8 Å². The molecule has 0 radical (unpaired) electrons. The molecule has 1 fully saturated rings. The summed E-state index contributed by atoms with van der Waals surface area (Å²) in [6, 6.07) is 3.90. The van der Waals surface area contributed by atoms with Crippen molar-refractivity contribution in [2.24, 2.45) is 5.92 Å². The van der Waals surface area contributed by atoms with Crippen LogP contribution in [-0.4, -0.2) is 10.9 Å². The number of nitrogens with two attached hydrogens (primary N) is 1. The first-order valence-electron chi connectivity index (χ1n) is 7.11. The Balaban J connectivity index is 1.78. The molecule has 0 unspecified atom stereocenters. The van der Waals surface area contributed by atoms with E-state index in [1.807, 2.05) is 19.1 Å². The van der Waals surface area contributed by atoms with Crippen LogP contribution < -0.4 is 11.1 Å². The van der Waals surface area contributed by atoms with Gasteiger partial charge in [0.05, 0.1) is 10.2 Å². The summed E-state index contributed by atoms with van der Waals surface area (Å²) in [5, 5.41) is 3.65. The summed E-state index contributed by atoms with van der Waals surface area (Å²) in [4.78, 5) is 16.7. The van der Waals surface area contributed by atoms with Crippen LogP contribution in [0, 0.1) is 12.8 Å². The van der Waals surface area contributed by atoms with Crippen molar-refractivity contribution in [1.82, 2.24) is 4.98 Å². The lowest BCUT2D eigenvalue weighted by atomic mass is 9.89. The molecular formula is C15H19N3OS. The maximum Gasteiger partial charge on any atom is 0.229 e. The zero-order valence-corrected chi connectivity index (χ0v) is 12.4. The van der Waals surface area contributed by atoms with Crippen LogP contribution >= 0.6 is 11.3 Å². The second-order valence-corrected chi connectivity index (χ2v) is 6.55. The minimum absolute atomic E-state index is 0.119. The fraction of sp³-hybridized carbons (Fsp3) is 0.467. The highest BCUT2D eigenvalue weighted by Gasteiger charge is 2.22. The van der Waals surface area contributed by atoms with Gasteiger partial charge in [0, 0.05) is 11.6 Å². The van der Waals surface area contributed by atoms with Crippen LogP contribution in [0.5, 0.6) is 0 Å². The van der Waals surface area contributed by atoms with Gasteiger partial charge < -0.3 is 11.1 Å². The molecule has 3 rings (SSSR count). The molecule has 1 aliphatic rings. The molecule has 2 aromatic rings. The van der Waals surface area contributed by atoms with Crippen LogP contribution in [0.25, 0.3) is 10.2 Å². The number of hydrogen-bond acceptors (Lipinski definition) is 4. The van der Waals surface area contributed by atoms with E-state index in [0.717, 1.165) is 47.2 Å². The molecule has 1 amide bonds. The fourth-order valence-corrected chi connectivity index (χ4v) is 3.67. The van der Waals surface area contributed by atoms with Gasteiger partial charge in [-0.05, 0) is 37.5 Å². The fourth-order valence-electron chi connectivity index (χ4n) is 2.72. The molecule has 0 atom stereocenters. The lowest BCUT2D eigenvalue weighted by Gasteiger charge is -2.19. The molecule has 3 N–H and O–H groups in total. The smallest absolute Gasteiger partial charge is 0.229 e. The van der Waals surface area contributed by atoms with Crippen molar-refractivity contribution < 1.29 is 4.79 Å². The molecule has 1 aromatic heterocycles. The van der Waals surface area contributed by atoms with Crippen LogP contribution in [0.1, 0.15) is 37.7 Å². The molecule has 0 bridgehead atoms. The standard InChI is InChI=1S/C15H19N3OS/c1-9-7-13-12(8-11(9)16)17-15(20-13)18-14(19)10-5-3-2-4-6-10/h7-8,10H,2-6,16H2,1H3,(H,17,18,19).